The van der Waals surface area contributed by atoms with Crippen LogP contribution in [0.4, 0.5) is 5.69 Å². The quantitative estimate of drug-likeness (QED) is 0.807. The minimum absolute atomic E-state index is 0.0642. The second-order valence-electron chi connectivity index (χ2n) is 4.80. The molecule has 0 heterocycles. The smallest absolute Gasteiger partial charge is 0.264 e. The number of nitrogens with one attached hydrogen (secondary N) is 1. The van der Waals surface area contributed by atoms with Crippen LogP contribution in [0.2, 0.25) is 0 Å². The van der Waals surface area contributed by atoms with E-state index in [0.717, 1.165) is 4.47 Å². The van der Waals surface area contributed by atoms with Crippen LogP contribution in [0.1, 0.15) is 10.4 Å². The van der Waals surface area contributed by atoms with Gasteiger partial charge in [-0.15, -0.1) is 0 Å². The minimum atomic E-state index is -3.71. The summed E-state index contributed by atoms with van der Waals surface area (Å²) in [5.74, 6) is 0.352. The first-order valence-electron chi connectivity index (χ1n) is 6.97. The van der Waals surface area contributed by atoms with Gasteiger partial charge in [-0.2, -0.15) is 0 Å². The maximum absolute atomic E-state index is 12.2. The Morgan fingerprint density at radius 2 is 1.58 bits per heavy atom. The predicted molar refractivity (Wildman–Crippen MR) is 89.3 cm³/mol. The Hall–Kier alpha value is -2.42. The van der Waals surface area contributed by atoms with Crippen LogP contribution in [-0.4, -0.2) is 40.1 Å². The number of hydrogen-bond donors (Lipinski definition) is 1. The summed E-state index contributed by atoms with van der Waals surface area (Å²) in [4.78, 5) is 16.9. The van der Waals surface area contributed by atoms with Gasteiger partial charge in [-0.1, -0.05) is 4.47 Å². The fourth-order valence-corrected chi connectivity index (χ4v) is 2.88. The van der Waals surface area contributed by atoms with Crippen LogP contribution in [0.25, 0.3) is 0 Å². The largest absolute Gasteiger partial charge is 0.497 e. The lowest BCUT2D eigenvalue weighted by molar-refractivity contribution is -0.0258. The van der Waals surface area contributed by atoms with E-state index in [1.807, 2.05) is 0 Å². The summed E-state index contributed by atoms with van der Waals surface area (Å²) in [7, 11) is 0.403. The fourth-order valence-electron chi connectivity index (χ4n) is 1.90. The molecule has 2 aromatic rings. The second kappa shape index (κ2) is 7.43. The van der Waals surface area contributed by atoms with Crippen LogP contribution in [0.3, 0.4) is 0 Å². The Morgan fingerprint density at radius 1 is 1.00 bits per heavy atom. The lowest BCUT2D eigenvalue weighted by Gasteiger charge is -2.14. The van der Waals surface area contributed by atoms with Gasteiger partial charge in [0.25, 0.3) is 15.9 Å². The van der Waals surface area contributed by atoms with E-state index >= 15 is 0 Å². The fraction of sp³-hybridized carbons (Fsp3) is 0.188. The van der Waals surface area contributed by atoms with Crippen molar-refractivity contribution in [2.24, 2.45) is 0 Å². The third kappa shape index (κ3) is 3.91. The third-order valence-corrected chi connectivity index (χ3v) is 5.05. The third-order valence-electron chi connectivity index (χ3n) is 3.36. The molecule has 0 aromatic heterocycles. The average molecular weight is 350 g/mol. The van der Waals surface area contributed by atoms with Gasteiger partial charge >= 0.3 is 0 Å². The van der Waals surface area contributed by atoms with E-state index in [0.29, 0.717) is 17.0 Å². The predicted octanol–water partition coefficient (Wildman–Crippen LogP) is 2.13. The highest BCUT2D eigenvalue weighted by Gasteiger charge is 2.20. The molecule has 128 valence electrons. The van der Waals surface area contributed by atoms with E-state index < -0.39 is 10.0 Å². The zero-order valence-corrected chi connectivity index (χ0v) is 14.3. The van der Waals surface area contributed by atoms with Crippen molar-refractivity contribution in [3.8, 4) is 5.75 Å². The minimum Gasteiger partial charge on any atom is -0.497 e. The molecule has 0 aliphatic rings. The molecule has 2 aromatic carbocycles. The number of benzene rings is 2. The van der Waals surface area contributed by atoms with Crippen LogP contribution in [0.5, 0.6) is 5.75 Å². The summed E-state index contributed by atoms with van der Waals surface area (Å²) in [6.45, 7) is 0. The SMILES string of the molecule is COc1ccc(C(=O)Nc2ccc(S(=O)(=O)N(C)OC)cc2)cc1. The van der Waals surface area contributed by atoms with E-state index in [2.05, 4.69) is 5.32 Å². The van der Waals surface area contributed by atoms with Gasteiger partial charge in [0.15, 0.2) is 0 Å². The highest BCUT2D eigenvalue weighted by molar-refractivity contribution is 7.89. The van der Waals surface area contributed by atoms with Crippen molar-refractivity contribution in [3.63, 3.8) is 0 Å². The van der Waals surface area contributed by atoms with Gasteiger partial charge in [-0.25, -0.2) is 8.42 Å². The summed E-state index contributed by atoms with van der Waals surface area (Å²) >= 11 is 0. The first-order chi connectivity index (χ1) is 11.4. The molecule has 2 rings (SSSR count). The summed E-state index contributed by atoms with van der Waals surface area (Å²) in [5, 5.41) is 2.70. The normalized spacial score (nSPS) is 11.3. The molecule has 0 spiro atoms. The van der Waals surface area contributed by atoms with Gasteiger partial charge in [-0.05, 0) is 48.5 Å². The van der Waals surface area contributed by atoms with E-state index in [-0.39, 0.29) is 10.8 Å². The number of hydroxylamine groups is 1. The Bertz CT molecular complexity index is 801. The summed E-state index contributed by atoms with van der Waals surface area (Å²) < 4.78 is 30.0. The maximum Gasteiger partial charge on any atom is 0.264 e. The number of anilines is 1. The molecule has 0 aliphatic carbocycles. The lowest BCUT2D eigenvalue weighted by atomic mass is 10.2. The van der Waals surface area contributed by atoms with Gasteiger partial charge in [0.1, 0.15) is 5.75 Å². The van der Waals surface area contributed by atoms with Gasteiger partial charge < -0.3 is 10.1 Å². The average Bonchev–Trinajstić information content (AvgIpc) is 2.61. The van der Waals surface area contributed by atoms with E-state index in [9.17, 15) is 13.2 Å². The molecule has 0 fully saturated rings. The van der Waals surface area contributed by atoms with Crippen LogP contribution in [0.15, 0.2) is 53.4 Å². The molecule has 24 heavy (non-hydrogen) atoms. The standard InChI is InChI=1S/C16H18N2O5S/c1-18(23-3)24(20,21)15-10-6-13(7-11-15)17-16(19)12-4-8-14(22-2)9-5-12/h4-11H,1-3H3,(H,17,19). The zero-order chi connectivity index (χ0) is 17.7. The van der Waals surface area contributed by atoms with Gasteiger partial charge in [0, 0.05) is 18.3 Å². The van der Waals surface area contributed by atoms with E-state index in [1.54, 1.807) is 31.4 Å². The topological polar surface area (TPSA) is 84.9 Å². The number of sulfonamides is 1. The Balaban J connectivity index is 2.12. The molecule has 0 saturated carbocycles. The second-order valence-corrected chi connectivity index (χ2v) is 6.74. The van der Waals surface area contributed by atoms with Crippen molar-refractivity contribution in [2.45, 2.75) is 4.90 Å². The Morgan fingerprint density at radius 3 is 2.08 bits per heavy atom. The number of carbonyl (C=O) groups excluding carboxylic acids is 1. The monoisotopic (exact) mass is 350 g/mol. The van der Waals surface area contributed by atoms with E-state index in [4.69, 9.17) is 9.57 Å². The van der Waals surface area contributed by atoms with Crippen LogP contribution in [0, 0.1) is 0 Å². The summed E-state index contributed by atoms with van der Waals surface area (Å²) in [5.41, 5.74) is 0.946. The number of carbonyl (C=O) groups is 1. The summed E-state index contributed by atoms with van der Waals surface area (Å²) in [6, 6.07) is 12.5. The summed E-state index contributed by atoms with van der Waals surface area (Å²) in [6.07, 6.45) is 0. The van der Waals surface area contributed by atoms with Crippen molar-refractivity contribution in [2.75, 3.05) is 26.6 Å². The Labute approximate surface area is 140 Å². The number of nitrogens with zero attached hydrogens (tertiary/aromatic N) is 1. The number of rotatable bonds is 6. The first-order valence-corrected chi connectivity index (χ1v) is 8.41. The molecular weight excluding hydrogens is 332 g/mol. The molecule has 0 unspecified atom stereocenters. The van der Waals surface area contributed by atoms with Crippen LogP contribution in [-0.2, 0) is 14.9 Å². The van der Waals surface area contributed by atoms with Crippen molar-refractivity contribution in [3.05, 3.63) is 54.1 Å². The van der Waals surface area contributed by atoms with Gasteiger partial charge in [0.2, 0.25) is 0 Å². The molecule has 0 bridgehead atoms. The van der Waals surface area contributed by atoms with Crippen LogP contribution < -0.4 is 10.1 Å². The number of ether oxygens (including phenoxy) is 1. The highest BCUT2D eigenvalue weighted by atomic mass is 32.2. The Kier molecular flexibility index (Phi) is 5.55. The first kappa shape index (κ1) is 17.9. The van der Waals surface area contributed by atoms with Crippen molar-refractivity contribution < 1.29 is 22.8 Å². The molecule has 1 N–H and O–H groups in total. The molecule has 7 nitrogen and oxygen atoms in total. The maximum atomic E-state index is 12.2. The van der Waals surface area contributed by atoms with E-state index in [1.165, 1.54) is 38.4 Å². The molecule has 1 amide bonds. The molecule has 0 atom stereocenters. The van der Waals surface area contributed by atoms with Gasteiger partial charge in [-0.3, -0.25) is 9.63 Å². The zero-order valence-electron chi connectivity index (χ0n) is 13.5. The molecule has 8 heteroatoms. The van der Waals surface area contributed by atoms with Crippen molar-refractivity contribution >= 4 is 21.6 Å². The number of amides is 1. The van der Waals surface area contributed by atoms with Crippen molar-refractivity contribution in [1.29, 1.82) is 0 Å². The number of methoxy groups -OCH3 is 1. The molecule has 0 saturated heterocycles. The molecule has 0 aliphatic heterocycles. The molecule has 0 radical (unpaired) electrons. The van der Waals surface area contributed by atoms with Crippen LogP contribution >= 0.6 is 0 Å². The molecular formula is C16H18N2O5S. The highest BCUT2D eigenvalue weighted by Crippen LogP contribution is 2.18. The van der Waals surface area contributed by atoms with Crippen molar-refractivity contribution in [1.82, 2.24) is 4.47 Å². The number of hydrogen-bond acceptors (Lipinski definition) is 5. The lowest BCUT2D eigenvalue weighted by Crippen LogP contribution is -2.25. The van der Waals surface area contributed by atoms with Gasteiger partial charge in [0.05, 0.1) is 19.1 Å².